The van der Waals surface area contributed by atoms with E-state index in [2.05, 4.69) is 36.9 Å². The van der Waals surface area contributed by atoms with E-state index in [0.29, 0.717) is 6.10 Å². The molecule has 0 spiro atoms. The average molecular weight is 262 g/mol. The van der Waals surface area contributed by atoms with E-state index in [9.17, 15) is 0 Å². The Kier molecular flexibility index (Phi) is 4.97. The van der Waals surface area contributed by atoms with Gasteiger partial charge in [0.1, 0.15) is 0 Å². The van der Waals surface area contributed by atoms with Gasteiger partial charge in [-0.15, -0.1) is 0 Å². The molecule has 0 bridgehead atoms. The van der Waals surface area contributed by atoms with Crippen molar-refractivity contribution in [3.05, 3.63) is 34.9 Å². The molecule has 2 unspecified atom stereocenters. The lowest BCUT2D eigenvalue weighted by Gasteiger charge is -2.19. The molecule has 1 fully saturated rings. The topological polar surface area (TPSA) is 38.5 Å². The van der Waals surface area contributed by atoms with Crippen molar-refractivity contribution in [3.63, 3.8) is 0 Å². The second-order valence-corrected chi connectivity index (χ2v) is 5.76. The molecule has 106 valence electrons. The van der Waals surface area contributed by atoms with Crippen LogP contribution in [0.4, 0.5) is 0 Å². The Hall–Kier alpha value is -0.900. The number of hydrogen-bond acceptors (Lipinski definition) is 3. The highest BCUT2D eigenvalue weighted by atomic mass is 16.5. The number of rotatable bonds is 5. The van der Waals surface area contributed by atoms with Crippen LogP contribution in [0.15, 0.2) is 18.2 Å². The summed E-state index contributed by atoms with van der Waals surface area (Å²) in [4.78, 5) is 2.46. The van der Waals surface area contributed by atoms with Crippen molar-refractivity contribution in [2.45, 2.75) is 38.8 Å². The van der Waals surface area contributed by atoms with Crippen molar-refractivity contribution < 1.29 is 4.74 Å². The van der Waals surface area contributed by atoms with Crippen LogP contribution >= 0.6 is 0 Å². The van der Waals surface area contributed by atoms with Crippen molar-refractivity contribution in [1.82, 2.24) is 4.90 Å². The average Bonchev–Trinajstić information content (AvgIpc) is 2.82. The Morgan fingerprint density at radius 2 is 2.00 bits per heavy atom. The summed E-state index contributed by atoms with van der Waals surface area (Å²) < 4.78 is 5.39. The van der Waals surface area contributed by atoms with Gasteiger partial charge in [0.05, 0.1) is 6.10 Å². The van der Waals surface area contributed by atoms with E-state index in [0.717, 1.165) is 32.5 Å². The minimum absolute atomic E-state index is 0.139. The maximum absolute atomic E-state index is 6.32. The normalized spacial score (nSPS) is 21.8. The zero-order chi connectivity index (χ0) is 13.8. The molecule has 1 aromatic rings. The number of hydrogen-bond donors (Lipinski definition) is 1. The lowest BCUT2D eigenvalue weighted by molar-refractivity contribution is 0.108. The molecule has 2 N–H and O–H groups in total. The van der Waals surface area contributed by atoms with Gasteiger partial charge in [-0.3, -0.25) is 0 Å². The quantitative estimate of drug-likeness (QED) is 0.885. The number of ether oxygens (including phenoxy) is 1. The van der Waals surface area contributed by atoms with Crippen LogP contribution in [0.1, 0.15) is 35.6 Å². The first-order valence-corrected chi connectivity index (χ1v) is 7.17. The Labute approximate surface area is 116 Å². The van der Waals surface area contributed by atoms with Gasteiger partial charge in [-0.25, -0.2) is 0 Å². The van der Waals surface area contributed by atoms with Gasteiger partial charge in [-0.1, -0.05) is 29.3 Å². The maximum Gasteiger partial charge on any atom is 0.0710 e. The third-order valence-corrected chi connectivity index (χ3v) is 3.99. The van der Waals surface area contributed by atoms with Crippen LogP contribution in [0.3, 0.4) is 0 Å². The van der Waals surface area contributed by atoms with Gasteiger partial charge in [0.25, 0.3) is 0 Å². The number of benzene rings is 1. The molecule has 1 saturated heterocycles. The highest BCUT2D eigenvalue weighted by Crippen LogP contribution is 2.19. The Morgan fingerprint density at radius 3 is 2.58 bits per heavy atom. The van der Waals surface area contributed by atoms with Crippen LogP contribution in [0, 0.1) is 13.8 Å². The first kappa shape index (κ1) is 14.5. The molecule has 0 saturated carbocycles. The third-order valence-electron chi connectivity index (χ3n) is 3.99. The molecule has 0 radical (unpaired) electrons. The van der Waals surface area contributed by atoms with Gasteiger partial charge < -0.3 is 15.4 Å². The highest BCUT2D eigenvalue weighted by molar-refractivity contribution is 5.30. The number of nitrogens with two attached hydrogens (primary N) is 1. The molecule has 3 heteroatoms. The predicted molar refractivity (Wildman–Crippen MR) is 79.3 cm³/mol. The fourth-order valence-corrected chi connectivity index (χ4v) is 2.90. The van der Waals surface area contributed by atoms with E-state index in [1.807, 2.05) is 0 Å². The molecule has 0 aromatic heterocycles. The lowest BCUT2D eigenvalue weighted by atomic mass is 10.00. The first-order valence-electron chi connectivity index (χ1n) is 7.17. The largest absolute Gasteiger partial charge is 0.380 e. The SMILES string of the molecule is COC1CCN(CCC(N)c2cc(C)cc(C)c2)C1. The molecular weight excluding hydrogens is 236 g/mol. The maximum atomic E-state index is 6.32. The van der Waals surface area contributed by atoms with Crippen molar-refractivity contribution >= 4 is 0 Å². The Balaban J connectivity index is 1.85. The molecule has 0 aliphatic carbocycles. The van der Waals surface area contributed by atoms with Crippen LogP contribution in [0.5, 0.6) is 0 Å². The molecule has 1 aliphatic heterocycles. The van der Waals surface area contributed by atoms with Gasteiger partial charge in [0.15, 0.2) is 0 Å². The van der Waals surface area contributed by atoms with Crippen molar-refractivity contribution in [2.75, 3.05) is 26.7 Å². The van der Waals surface area contributed by atoms with E-state index in [-0.39, 0.29) is 6.04 Å². The van der Waals surface area contributed by atoms with Crippen LogP contribution in [0.25, 0.3) is 0 Å². The van der Waals surface area contributed by atoms with E-state index in [1.54, 1.807) is 7.11 Å². The predicted octanol–water partition coefficient (Wildman–Crippen LogP) is 2.41. The Morgan fingerprint density at radius 1 is 1.32 bits per heavy atom. The molecular formula is C16H26N2O. The second kappa shape index (κ2) is 6.51. The molecule has 2 atom stereocenters. The minimum Gasteiger partial charge on any atom is -0.380 e. The third kappa shape index (κ3) is 4.03. The summed E-state index contributed by atoms with van der Waals surface area (Å²) >= 11 is 0. The highest BCUT2D eigenvalue weighted by Gasteiger charge is 2.22. The van der Waals surface area contributed by atoms with Gasteiger partial charge >= 0.3 is 0 Å². The van der Waals surface area contributed by atoms with E-state index < -0.39 is 0 Å². The van der Waals surface area contributed by atoms with Gasteiger partial charge in [0, 0.05) is 32.8 Å². The molecule has 1 heterocycles. The molecule has 0 amide bonds. The molecule has 2 rings (SSSR count). The van der Waals surface area contributed by atoms with Crippen LogP contribution in [-0.2, 0) is 4.74 Å². The van der Waals surface area contributed by atoms with Crippen molar-refractivity contribution in [1.29, 1.82) is 0 Å². The number of methoxy groups -OCH3 is 1. The fourth-order valence-electron chi connectivity index (χ4n) is 2.90. The number of nitrogens with zero attached hydrogens (tertiary/aromatic N) is 1. The number of aryl methyl sites for hydroxylation is 2. The second-order valence-electron chi connectivity index (χ2n) is 5.76. The standard InChI is InChI=1S/C16H26N2O/c1-12-8-13(2)10-14(9-12)16(17)5-7-18-6-4-15(11-18)19-3/h8-10,15-16H,4-7,11,17H2,1-3H3. The van der Waals surface area contributed by atoms with Crippen molar-refractivity contribution in [3.8, 4) is 0 Å². The zero-order valence-corrected chi connectivity index (χ0v) is 12.4. The van der Waals surface area contributed by atoms with E-state index in [1.165, 1.54) is 16.7 Å². The number of likely N-dealkylation sites (tertiary alicyclic amines) is 1. The van der Waals surface area contributed by atoms with Crippen LogP contribution in [0.2, 0.25) is 0 Å². The first-order chi connectivity index (χ1) is 9.08. The summed E-state index contributed by atoms with van der Waals surface area (Å²) in [5, 5.41) is 0. The van der Waals surface area contributed by atoms with E-state index >= 15 is 0 Å². The summed E-state index contributed by atoms with van der Waals surface area (Å²) in [6.45, 7) is 7.52. The monoisotopic (exact) mass is 262 g/mol. The van der Waals surface area contributed by atoms with Gasteiger partial charge in [-0.2, -0.15) is 0 Å². The Bertz CT molecular complexity index is 399. The summed E-state index contributed by atoms with van der Waals surface area (Å²) in [6, 6.07) is 6.75. The zero-order valence-electron chi connectivity index (χ0n) is 12.4. The van der Waals surface area contributed by atoms with Crippen LogP contribution in [-0.4, -0.2) is 37.7 Å². The van der Waals surface area contributed by atoms with Crippen LogP contribution < -0.4 is 5.73 Å². The smallest absolute Gasteiger partial charge is 0.0710 e. The lowest BCUT2D eigenvalue weighted by Crippen LogP contribution is -2.26. The minimum atomic E-state index is 0.139. The summed E-state index contributed by atoms with van der Waals surface area (Å²) in [6.07, 6.45) is 2.58. The van der Waals surface area contributed by atoms with Crippen molar-refractivity contribution in [2.24, 2.45) is 5.73 Å². The molecule has 1 aliphatic rings. The van der Waals surface area contributed by atoms with Gasteiger partial charge in [-0.05, 0) is 32.3 Å². The molecule has 19 heavy (non-hydrogen) atoms. The van der Waals surface area contributed by atoms with Gasteiger partial charge in [0.2, 0.25) is 0 Å². The fraction of sp³-hybridized carbons (Fsp3) is 0.625. The summed E-state index contributed by atoms with van der Waals surface area (Å²) in [5.41, 5.74) is 10.2. The summed E-state index contributed by atoms with van der Waals surface area (Å²) in [5.74, 6) is 0. The molecule has 1 aromatic carbocycles. The molecule has 3 nitrogen and oxygen atoms in total. The summed E-state index contributed by atoms with van der Waals surface area (Å²) in [7, 11) is 1.80. The van der Waals surface area contributed by atoms with E-state index in [4.69, 9.17) is 10.5 Å².